The van der Waals surface area contributed by atoms with E-state index in [9.17, 15) is 9.59 Å². The predicted molar refractivity (Wildman–Crippen MR) is 86.7 cm³/mol. The largest absolute Gasteiger partial charge is 0.451 e. The summed E-state index contributed by atoms with van der Waals surface area (Å²) in [5, 5.41) is 1.11. The van der Waals surface area contributed by atoms with Crippen LogP contribution >= 0.6 is 23.4 Å². The van der Waals surface area contributed by atoms with E-state index in [1.54, 1.807) is 49.5 Å². The van der Waals surface area contributed by atoms with Crippen molar-refractivity contribution in [3.63, 3.8) is 0 Å². The number of carbonyl (C=O) groups is 2. The number of ketones is 1. The van der Waals surface area contributed by atoms with Crippen LogP contribution in [0, 0.1) is 0 Å². The summed E-state index contributed by atoms with van der Waals surface area (Å²) >= 11 is 7.13. The maximum Gasteiger partial charge on any atom is 0.341 e. The molecule has 0 amide bonds. The van der Waals surface area contributed by atoms with Gasteiger partial charge in [-0.1, -0.05) is 11.6 Å². The van der Waals surface area contributed by atoms with Crippen LogP contribution in [0.1, 0.15) is 27.6 Å². The number of rotatable bonds is 5. The Morgan fingerprint density at radius 2 is 1.91 bits per heavy atom. The van der Waals surface area contributed by atoms with Crippen molar-refractivity contribution >= 4 is 35.1 Å². The number of hydrogen-bond acceptors (Lipinski definition) is 5. The average molecular weight is 336 g/mol. The van der Waals surface area contributed by atoms with E-state index in [0.717, 1.165) is 0 Å². The minimum atomic E-state index is -0.886. The second-order valence-electron chi connectivity index (χ2n) is 4.48. The highest BCUT2D eigenvalue weighted by Gasteiger charge is 2.22. The molecule has 2 aromatic rings. The highest BCUT2D eigenvalue weighted by Crippen LogP contribution is 2.19. The van der Waals surface area contributed by atoms with Crippen LogP contribution in [0.3, 0.4) is 0 Å². The second kappa shape index (κ2) is 7.42. The molecule has 4 nitrogen and oxygen atoms in total. The lowest BCUT2D eigenvalue weighted by molar-refractivity contribution is 0.0314. The van der Waals surface area contributed by atoms with E-state index in [1.165, 1.54) is 11.8 Å². The van der Waals surface area contributed by atoms with Gasteiger partial charge in [-0.15, -0.1) is 11.8 Å². The van der Waals surface area contributed by atoms with Gasteiger partial charge >= 0.3 is 5.97 Å². The third kappa shape index (κ3) is 3.87. The summed E-state index contributed by atoms with van der Waals surface area (Å²) in [5.74, 6) is -0.841. The monoisotopic (exact) mass is 335 g/mol. The zero-order valence-electron chi connectivity index (χ0n) is 12.1. The van der Waals surface area contributed by atoms with E-state index in [2.05, 4.69) is 4.98 Å². The number of carbonyl (C=O) groups excluding carboxylic acids is 2. The zero-order chi connectivity index (χ0) is 16.1. The first kappa shape index (κ1) is 16.5. The van der Waals surface area contributed by atoms with Crippen molar-refractivity contribution in [1.29, 1.82) is 0 Å². The Hall–Kier alpha value is -1.85. The van der Waals surface area contributed by atoms with Gasteiger partial charge < -0.3 is 4.74 Å². The molecule has 114 valence electrons. The molecule has 0 bridgehead atoms. The van der Waals surface area contributed by atoms with Gasteiger partial charge in [-0.25, -0.2) is 9.78 Å². The number of esters is 1. The normalized spacial score (nSPS) is 11.8. The quantitative estimate of drug-likeness (QED) is 0.471. The van der Waals surface area contributed by atoms with E-state index in [0.29, 0.717) is 21.2 Å². The van der Waals surface area contributed by atoms with Crippen LogP contribution in [0.15, 0.2) is 47.6 Å². The van der Waals surface area contributed by atoms with Gasteiger partial charge in [0.2, 0.25) is 5.78 Å². The SMILES string of the molecule is CSc1ncccc1C(=O)OC(C)C(=O)c1ccc(Cl)cc1. The van der Waals surface area contributed by atoms with Crippen LogP contribution in [-0.2, 0) is 4.74 Å². The maximum atomic E-state index is 12.2. The van der Waals surface area contributed by atoms with Crippen molar-refractivity contribution < 1.29 is 14.3 Å². The predicted octanol–water partition coefficient (Wildman–Crippen LogP) is 3.89. The van der Waals surface area contributed by atoms with Gasteiger partial charge in [0.05, 0.1) is 5.56 Å². The molecule has 2 rings (SSSR count). The van der Waals surface area contributed by atoms with Crippen LogP contribution in [0.2, 0.25) is 5.02 Å². The average Bonchev–Trinajstić information content (AvgIpc) is 2.54. The number of pyridine rings is 1. The lowest BCUT2D eigenvalue weighted by atomic mass is 10.1. The number of nitrogens with zero attached hydrogens (tertiary/aromatic N) is 1. The van der Waals surface area contributed by atoms with Crippen molar-refractivity contribution in [1.82, 2.24) is 4.98 Å². The number of Topliss-reactive ketones (excluding diaryl/α,β-unsaturated/α-hetero) is 1. The summed E-state index contributed by atoms with van der Waals surface area (Å²) in [6.07, 6.45) is 2.54. The standard InChI is InChI=1S/C16H14ClNO3S/c1-10(14(19)11-5-7-12(17)8-6-11)21-16(20)13-4-3-9-18-15(13)22-2/h3-10H,1-2H3. The Labute approximate surface area is 137 Å². The number of aromatic nitrogens is 1. The summed E-state index contributed by atoms with van der Waals surface area (Å²) < 4.78 is 5.25. The number of ether oxygens (including phenoxy) is 1. The van der Waals surface area contributed by atoms with Crippen molar-refractivity contribution in [3.05, 3.63) is 58.7 Å². The lowest BCUT2D eigenvalue weighted by Crippen LogP contribution is -2.24. The first-order valence-corrected chi connectivity index (χ1v) is 8.13. The molecule has 0 aliphatic rings. The highest BCUT2D eigenvalue weighted by molar-refractivity contribution is 7.98. The lowest BCUT2D eigenvalue weighted by Gasteiger charge is -2.13. The Morgan fingerprint density at radius 3 is 2.55 bits per heavy atom. The molecule has 0 saturated carbocycles. The van der Waals surface area contributed by atoms with Gasteiger partial charge in [0.15, 0.2) is 6.10 Å². The third-order valence-corrected chi connectivity index (χ3v) is 3.93. The molecular weight excluding hydrogens is 322 g/mol. The molecule has 0 aliphatic heterocycles. The molecule has 0 radical (unpaired) electrons. The summed E-state index contributed by atoms with van der Waals surface area (Å²) in [5.41, 5.74) is 0.798. The summed E-state index contributed by atoms with van der Waals surface area (Å²) in [7, 11) is 0. The fraction of sp³-hybridized carbons (Fsp3) is 0.188. The smallest absolute Gasteiger partial charge is 0.341 e. The van der Waals surface area contributed by atoms with Crippen molar-refractivity contribution in [2.24, 2.45) is 0 Å². The first-order chi connectivity index (χ1) is 10.5. The van der Waals surface area contributed by atoms with E-state index < -0.39 is 12.1 Å². The van der Waals surface area contributed by atoms with Crippen LogP contribution in [0.25, 0.3) is 0 Å². The van der Waals surface area contributed by atoms with Crippen molar-refractivity contribution in [2.45, 2.75) is 18.1 Å². The molecule has 1 unspecified atom stereocenters. The molecular formula is C16H14ClNO3S. The van der Waals surface area contributed by atoms with Gasteiger partial charge in [0.1, 0.15) is 5.03 Å². The third-order valence-electron chi connectivity index (χ3n) is 2.97. The van der Waals surface area contributed by atoms with Crippen LogP contribution in [0.5, 0.6) is 0 Å². The minimum absolute atomic E-state index is 0.278. The van der Waals surface area contributed by atoms with Gasteiger partial charge in [-0.05, 0) is 49.6 Å². The maximum absolute atomic E-state index is 12.2. The number of benzene rings is 1. The first-order valence-electron chi connectivity index (χ1n) is 6.52. The molecule has 0 aliphatic carbocycles. The van der Waals surface area contributed by atoms with Crippen LogP contribution in [0.4, 0.5) is 0 Å². The number of thioether (sulfide) groups is 1. The molecule has 0 fully saturated rings. The Kier molecular flexibility index (Phi) is 5.57. The topological polar surface area (TPSA) is 56.3 Å². The summed E-state index contributed by atoms with van der Waals surface area (Å²) in [4.78, 5) is 28.5. The van der Waals surface area contributed by atoms with Crippen LogP contribution < -0.4 is 0 Å². The molecule has 22 heavy (non-hydrogen) atoms. The molecule has 1 aromatic heterocycles. The molecule has 1 aromatic carbocycles. The van der Waals surface area contributed by atoms with Gasteiger partial charge in [0.25, 0.3) is 0 Å². The highest BCUT2D eigenvalue weighted by atomic mass is 35.5. The number of halogens is 1. The summed E-state index contributed by atoms with van der Waals surface area (Å²) in [6.45, 7) is 1.55. The molecule has 0 spiro atoms. The fourth-order valence-electron chi connectivity index (χ4n) is 1.84. The van der Waals surface area contributed by atoms with Gasteiger partial charge in [0, 0.05) is 16.8 Å². The Balaban J connectivity index is 2.11. The van der Waals surface area contributed by atoms with E-state index in [-0.39, 0.29) is 5.78 Å². The summed E-state index contributed by atoms with van der Waals surface area (Å²) in [6, 6.07) is 9.73. The number of hydrogen-bond donors (Lipinski definition) is 0. The molecule has 6 heteroatoms. The molecule has 1 atom stereocenters. The molecule has 0 N–H and O–H groups in total. The van der Waals surface area contributed by atoms with Crippen molar-refractivity contribution in [2.75, 3.05) is 6.26 Å². The minimum Gasteiger partial charge on any atom is -0.451 e. The zero-order valence-corrected chi connectivity index (χ0v) is 13.6. The molecule has 0 saturated heterocycles. The van der Waals surface area contributed by atoms with Gasteiger partial charge in [-0.2, -0.15) is 0 Å². The van der Waals surface area contributed by atoms with Crippen LogP contribution in [-0.4, -0.2) is 29.1 Å². The Morgan fingerprint density at radius 1 is 1.23 bits per heavy atom. The van der Waals surface area contributed by atoms with E-state index >= 15 is 0 Å². The molecule has 1 heterocycles. The van der Waals surface area contributed by atoms with Crippen molar-refractivity contribution in [3.8, 4) is 0 Å². The van der Waals surface area contributed by atoms with Gasteiger partial charge in [-0.3, -0.25) is 4.79 Å². The van der Waals surface area contributed by atoms with E-state index in [4.69, 9.17) is 16.3 Å². The second-order valence-corrected chi connectivity index (χ2v) is 5.71. The Bertz CT molecular complexity index is 688. The van der Waals surface area contributed by atoms with E-state index in [1.807, 2.05) is 6.26 Å². The fourth-order valence-corrected chi connectivity index (χ4v) is 2.50.